The molecule has 54 valence electrons. The monoisotopic (exact) mass is 166 g/mol. The van der Waals surface area contributed by atoms with Gasteiger partial charge in [0.1, 0.15) is 0 Å². The van der Waals surface area contributed by atoms with E-state index in [0.717, 1.165) is 0 Å². The second-order valence-electron chi connectivity index (χ2n) is 1.28. The molecule has 0 aliphatic carbocycles. The largest absolute Gasteiger partial charge is 0.315 e. The molecule has 9 heavy (non-hydrogen) atoms. The van der Waals surface area contributed by atoms with Crippen LogP contribution in [0.3, 0.4) is 0 Å². The summed E-state index contributed by atoms with van der Waals surface area (Å²) in [6.45, 7) is 4.17. The zero-order valence-corrected chi connectivity index (χ0v) is 7.18. The molecule has 0 aromatic rings. The fourth-order valence-corrected chi connectivity index (χ4v) is 1.52. The predicted octanol–water partition coefficient (Wildman–Crippen LogP) is 1.91. The third-order valence-corrected chi connectivity index (χ3v) is 2.18. The molecule has 0 aromatic heterocycles. The van der Waals surface area contributed by atoms with Gasteiger partial charge in [0.2, 0.25) is 0 Å². The molecule has 0 aromatic carbocycles. The molecule has 0 amide bonds. The Hall–Kier alpha value is 0.330. The average molecular weight is 166 g/mol. The van der Waals surface area contributed by atoms with Gasteiger partial charge in [0, 0.05) is 19.0 Å². The Morgan fingerprint density at radius 2 is 2.33 bits per heavy atom. The summed E-state index contributed by atoms with van der Waals surface area (Å²) >= 11 is 2.59. The Morgan fingerprint density at radius 3 is 2.78 bits per heavy atom. The maximum Gasteiger partial charge on any atom is 0.186 e. The summed E-state index contributed by atoms with van der Waals surface area (Å²) in [5, 5.41) is 0.839. The molecule has 0 saturated carbocycles. The van der Waals surface area contributed by atoms with Gasteiger partial charge in [-0.1, -0.05) is 11.8 Å². The highest BCUT2D eigenvalue weighted by molar-refractivity contribution is 8.22. The third kappa shape index (κ3) is 8.33. The first-order valence-corrected chi connectivity index (χ1v) is 4.54. The molecule has 0 heterocycles. The van der Waals surface area contributed by atoms with Gasteiger partial charge in [-0.05, 0) is 6.92 Å². The van der Waals surface area contributed by atoms with Crippen LogP contribution in [0.25, 0.3) is 0 Å². The molecule has 0 rings (SSSR count). The second-order valence-corrected chi connectivity index (χ2v) is 3.56. The summed E-state index contributed by atoms with van der Waals surface area (Å²) in [5.41, 5.74) is 0. The lowest BCUT2D eigenvalue weighted by atomic mass is 10.9. The van der Waals surface area contributed by atoms with E-state index in [1.54, 1.807) is 6.92 Å². The highest BCUT2D eigenvalue weighted by Gasteiger charge is 1.92. The molecule has 0 bridgehead atoms. The van der Waals surface area contributed by atoms with Crippen LogP contribution in [0.15, 0.2) is 0 Å². The molecule has 0 atom stereocenters. The van der Waals surface area contributed by atoms with E-state index in [4.69, 9.17) is 4.18 Å². The van der Waals surface area contributed by atoms with Crippen molar-refractivity contribution < 1.29 is 8.98 Å². The molecule has 0 aliphatic heterocycles. The summed E-state index contributed by atoms with van der Waals surface area (Å²) in [5.74, 6) is 0. The SMILES string of the molecule is CCOSCSC(C)=O. The summed E-state index contributed by atoms with van der Waals surface area (Å²) < 4.78 is 4.93. The van der Waals surface area contributed by atoms with Gasteiger partial charge in [0.15, 0.2) is 5.12 Å². The van der Waals surface area contributed by atoms with Gasteiger partial charge >= 0.3 is 0 Å². The Labute approximate surface area is 63.9 Å². The normalized spacial score (nSPS) is 9.56. The van der Waals surface area contributed by atoms with E-state index in [1.807, 2.05) is 6.92 Å². The van der Waals surface area contributed by atoms with Gasteiger partial charge in [-0.15, -0.1) is 0 Å². The van der Waals surface area contributed by atoms with Gasteiger partial charge in [0.25, 0.3) is 0 Å². The summed E-state index contributed by atoms with van der Waals surface area (Å²) in [7, 11) is 0. The number of rotatable bonds is 4. The van der Waals surface area contributed by atoms with Crippen molar-refractivity contribution >= 4 is 28.9 Å². The first-order valence-electron chi connectivity index (χ1n) is 2.65. The first kappa shape index (κ1) is 9.33. The average Bonchev–Trinajstić information content (AvgIpc) is 1.80. The molecule has 0 aliphatic rings. The van der Waals surface area contributed by atoms with E-state index >= 15 is 0 Å². The Balaban J connectivity index is 2.83. The zero-order valence-electron chi connectivity index (χ0n) is 5.55. The van der Waals surface area contributed by atoms with E-state index < -0.39 is 0 Å². The van der Waals surface area contributed by atoms with Crippen molar-refractivity contribution in [3.05, 3.63) is 0 Å². The smallest absolute Gasteiger partial charge is 0.186 e. The molecule has 0 spiro atoms. The van der Waals surface area contributed by atoms with Crippen LogP contribution in [-0.4, -0.2) is 16.8 Å². The number of carbonyl (C=O) groups is 1. The number of hydrogen-bond donors (Lipinski definition) is 0. The van der Waals surface area contributed by atoms with Gasteiger partial charge in [-0.25, -0.2) is 0 Å². The fourth-order valence-electron chi connectivity index (χ4n) is 0.224. The van der Waals surface area contributed by atoms with E-state index in [9.17, 15) is 4.79 Å². The molecule has 0 N–H and O–H groups in total. The molecular weight excluding hydrogens is 156 g/mol. The topological polar surface area (TPSA) is 26.3 Å². The molecule has 0 unspecified atom stereocenters. The van der Waals surface area contributed by atoms with Crippen molar-refractivity contribution in [2.24, 2.45) is 0 Å². The van der Waals surface area contributed by atoms with Crippen LogP contribution >= 0.6 is 23.8 Å². The third-order valence-electron chi connectivity index (χ3n) is 0.511. The van der Waals surface area contributed by atoms with E-state index in [1.165, 1.54) is 23.8 Å². The highest BCUT2D eigenvalue weighted by Crippen LogP contribution is 2.12. The van der Waals surface area contributed by atoms with Crippen molar-refractivity contribution in [2.45, 2.75) is 13.8 Å². The minimum atomic E-state index is 0.141. The zero-order chi connectivity index (χ0) is 7.11. The summed E-state index contributed by atoms with van der Waals surface area (Å²) in [4.78, 5) is 10.3. The van der Waals surface area contributed by atoms with E-state index in [2.05, 4.69) is 0 Å². The molecular formula is C5H10O2S2. The van der Waals surface area contributed by atoms with Crippen molar-refractivity contribution in [1.29, 1.82) is 0 Å². The molecule has 4 heteroatoms. The maximum atomic E-state index is 10.3. The molecule has 2 nitrogen and oxygen atoms in total. The van der Waals surface area contributed by atoms with E-state index in [-0.39, 0.29) is 5.12 Å². The van der Waals surface area contributed by atoms with Crippen LogP contribution in [0.5, 0.6) is 0 Å². The highest BCUT2D eigenvalue weighted by atomic mass is 32.2. The fraction of sp³-hybridized carbons (Fsp3) is 0.800. The molecule has 0 saturated heterocycles. The van der Waals surface area contributed by atoms with Gasteiger partial charge in [0.05, 0.1) is 11.7 Å². The lowest BCUT2D eigenvalue weighted by Gasteiger charge is -1.94. The van der Waals surface area contributed by atoms with Crippen LogP contribution in [-0.2, 0) is 8.98 Å². The second kappa shape index (κ2) is 6.45. The minimum Gasteiger partial charge on any atom is -0.315 e. The lowest BCUT2D eigenvalue weighted by molar-refractivity contribution is -0.109. The van der Waals surface area contributed by atoms with Gasteiger partial charge < -0.3 is 4.18 Å². The van der Waals surface area contributed by atoms with Crippen molar-refractivity contribution in [3.8, 4) is 0 Å². The number of thioether (sulfide) groups is 1. The Bertz CT molecular complexity index is 85.0. The van der Waals surface area contributed by atoms with Crippen LogP contribution in [0.2, 0.25) is 0 Å². The van der Waals surface area contributed by atoms with Crippen LogP contribution in [0.4, 0.5) is 0 Å². The maximum absolute atomic E-state index is 10.3. The summed E-state index contributed by atoms with van der Waals surface area (Å²) in [6.07, 6.45) is 0. The van der Waals surface area contributed by atoms with Crippen LogP contribution < -0.4 is 0 Å². The van der Waals surface area contributed by atoms with Crippen molar-refractivity contribution in [2.75, 3.05) is 11.7 Å². The Morgan fingerprint density at radius 1 is 1.67 bits per heavy atom. The van der Waals surface area contributed by atoms with Crippen LogP contribution in [0, 0.1) is 0 Å². The standard InChI is InChI=1S/C5H10O2S2/c1-3-7-9-4-8-5(2)6/h3-4H2,1-2H3. The Kier molecular flexibility index (Phi) is 6.69. The van der Waals surface area contributed by atoms with E-state index in [0.29, 0.717) is 11.7 Å². The van der Waals surface area contributed by atoms with Crippen molar-refractivity contribution in [3.63, 3.8) is 0 Å². The predicted molar refractivity (Wildman–Crippen MR) is 42.4 cm³/mol. The molecule has 0 radical (unpaired) electrons. The minimum absolute atomic E-state index is 0.141. The van der Waals surface area contributed by atoms with Gasteiger partial charge in [-0.3, -0.25) is 4.79 Å². The van der Waals surface area contributed by atoms with Crippen LogP contribution in [0.1, 0.15) is 13.8 Å². The number of carbonyl (C=O) groups excluding carboxylic acids is 1. The lowest BCUT2D eigenvalue weighted by Crippen LogP contribution is -1.83. The van der Waals surface area contributed by atoms with Gasteiger partial charge in [-0.2, -0.15) is 0 Å². The quantitative estimate of drug-likeness (QED) is 0.362. The van der Waals surface area contributed by atoms with Crippen molar-refractivity contribution in [1.82, 2.24) is 0 Å². The molecule has 0 fully saturated rings. The number of hydrogen-bond acceptors (Lipinski definition) is 4. The first-order chi connectivity index (χ1) is 4.27. The summed E-state index contributed by atoms with van der Waals surface area (Å²) in [6, 6.07) is 0.